The van der Waals surface area contributed by atoms with Crippen molar-refractivity contribution in [2.24, 2.45) is 11.7 Å². The van der Waals surface area contributed by atoms with Gasteiger partial charge in [-0.1, -0.05) is 0 Å². The van der Waals surface area contributed by atoms with Crippen LogP contribution >= 0.6 is 0 Å². The summed E-state index contributed by atoms with van der Waals surface area (Å²) in [6, 6.07) is -0.125. The van der Waals surface area contributed by atoms with E-state index in [1.54, 1.807) is 13.3 Å². The van der Waals surface area contributed by atoms with Crippen LogP contribution in [0.1, 0.15) is 42.5 Å². The van der Waals surface area contributed by atoms with E-state index in [4.69, 9.17) is 10.5 Å². The van der Waals surface area contributed by atoms with Gasteiger partial charge in [-0.25, -0.2) is 8.78 Å². The minimum absolute atomic E-state index is 0.0466. The molecule has 1 unspecified atom stereocenters. The highest BCUT2D eigenvalue weighted by Gasteiger charge is 2.36. The van der Waals surface area contributed by atoms with Crippen LogP contribution in [0.4, 0.5) is 8.78 Å². The summed E-state index contributed by atoms with van der Waals surface area (Å²) in [7, 11) is 1.64. The number of halogens is 2. The van der Waals surface area contributed by atoms with Crippen molar-refractivity contribution in [1.82, 2.24) is 4.98 Å². The molecule has 1 aromatic rings. The van der Waals surface area contributed by atoms with E-state index < -0.39 is 5.92 Å². The van der Waals surface area contributed by atoms with Gasteiger partial charge < -0.3 is 10.5 Å². The first kappa shape index (κ1) is 16.1. The summed E-state index contributed by atoms with van der Waals surface area (Å²) < 4.78 is 31.8. The third-order valence-electron chi connectivity index (χ3n) is 4.55. The Balaban J connectivity index is 2.05. The summed E-state index contributed by atoms with van der Waals surface area (Å²) in [6.07, 6.45) is 3.29. The maximum atomic E-state index is 13.2. The van der Waals surface area contributed by atoms with E-state index in [2.05, 4.69) is 4.98 Å². The summed E-state index contributed by atoms with van der Waals surface area (Å²) in [4.78, 5) is 4.44. The summed E-state index contributed by atoms with van der Waals surface area (Å²) in [6.45, 7) is 3.92. The van der Waals surface area contributed by atoms with Crippen molar-refractivity contribution in [3.63, 3.8) is 0 Å². The average Bonchev–Trinajstić information content (AvgIpc) is 2.42. The van der Waals surface area contributed by atoms with Crippen LogP contribution in [0.3, 0.4) is 0 Å². The van der Waals surface area contributed by atoms with Crippen LogP contribution in [-0.4, -0.2) is 24.1 Å². The number of nitrogens with zero attached hydrogens (tertiary/aromatic N) is 1. The first-order chi connectivity index (χ1) is 9.84. The van der Waals surface area contributed by atoms with Crippen LogP contribution in [0.25, 0.3) is 0 Å². The minimum Gasteiger partial charge on any atom is -0.496 e. The number of aryl methyl sites for hydroxylation is 1. The van der Waals surface area contributed by atoms with E-state index in [9.17, 15) is 8.78 Å². The van der Waals surface area contributed by atoms with Gasteiger partial charge in [0.05, 0.1) is 7.11 Å². The number of ether oxygens (including phenoxy) is 1. The lowest BCUT2D eigenvalue weighted by Gasteiger charge is -2.32. The Bertz CT molecular complexity index is 495. The second-order valence-corrected chi connectivity index (χ2v) is 6.11. The lowest BCUT2D eigenvalue weighted by molar-refractivity contribution is -0.0481. The van der Waals surface area contributed by atoms with Gasteiger partial charge in [0.2, 0.25) is 5.92 Å². The molecule has 0 spiro atoms. The van der Waals surface area contributed by atoms with Crippen LogP contribution < -0.4 is 10.5 Å². The zero-order valence-corrected chi connectivity index (χ0v) is 13.0. The van der Waals surface area contributed by atoms with Gasteiger partial charge in [-0.3, -0.25) is 4.98 Å². The minimum atomic E-state index is -2.50. The highest BCUT2D eigenvalue weighted by molar-refractivity contribution is 5.41. The summed E-state index contributed by atoms with van der Waals surface area (Å²) >= 11 is 0. The highest BCUT2D eigenvalue weighted by atomic mass is 19.3. The third kappa shape index (κ3) is 3.70. The van der Waals surface area contributed by atoms with Crippen molar-refractivity contribution < 1.29 is 13.5 Å². The highest BCUT2D eigenvalue weighted by Crippen LogP contribution is 2.37. The third-order valence-corrected chi connectivity index (χ3v) is 4.55. The molecule has 1 saturated carbocycles. The molecule has 0 amide bonds. The number of aromatic nitrogens is 1. The number of alkyl halides is 2. The van der Waals surface area contributed by atoms with Crippen LogP contribution in [0.2, 0.25) is 0 Å². The Morgan fingerprint density at radius 1 is 1.38 bits per heavy atom. The second kappa shape index (κ2) is 6.26. The van der Waals surface area contributed by atoms with Crippen LogP contribution in [0, 0.1) is 19.8 Å². The van der Waals surface area contributed by atoms with Crippen molar-refractivity contribution >= 4 is 0 Å². The Morgan fingerprint density at radius 3 is 2.57 bits per heavy atom. The smallest absolute Gasteiger partial charge is 0.248 e. The van der Waals surface area contributed by atoms with Gasteiger partial charge in [0.15, 0.2) is 0 Å². The molecule has 3 nitrogen and oxygen atoms in total. The molecule has 21 heavy (non-hydrogen) atoms. The molecule has 0 saturated heterocycles. The normalized spacial score (nSPS) is 20.3. The van der Waals surface area contributed by atoms with Gasteiger partial charge in [0, 0.05) is 48.3 Å². The zero-order valence-electron chi connectivity index (χ0n) is 13.0. The SMILES string of the molecule is COc1c(C)cnc(CC(N)C2CCC(F)(F)CC2)c1C. The number of nitrogens with two attached hydrogens (primary N) is 1. The molecule has 1 atom stereocenters. The van der Waals surface area contributed by atoms with Gasteiger partial charge in [0.25, 0.3) is 0 Å². The topological polar surface area (TPSA) is 48.1 Å². The lowest BCUT2D eigenvalue weighted by atomic mass is 9.80. The average molecular weight is 298 g/mol. The Morgan fingerprint density at radius 2 is 2.00 bits per heavy atom. The first-order valence-corrected chi connectivity index (χ1v) is 7.46. The molecule has 0 aliphatic heterocycles. The molecular formula is C16H24F2N2O. The number of hydrogen-bond donors (Lipinski definition) is 1. The molecule has 118 valence electrons. The van der Waals surface area contributed by atoms with E-state index >= 15 is 0 Å². The molecule has 5 heteroatoms. The van der Waals surface area contributed by atoms with Gasteiger partial charge >= 0.3 is 0 Å². The predicted molar refractivity (Wildman–Crippen MR) is 78.8 cm³/mol. The molecule has 1 fully saturated rings. The Hall–Kier alpha value is -1.23. The maximum absolute atomic E-state index is 13.2. The molecule has 0 aromatic carbocycles. The molecule has 1 aromatic heterocycles. The molecule has 0 bridgehead atoms. The van der Waals surface area contributed by atoms with E-state index in [1.807, 2.05) is 13.8 Å². The van der Waals surface area contributed by atoms with Gasteiger partial charge in [-0.05, 0) is 32.6 Å². The van der Waals surface area contributed by atoms with Gasteiger partial charge in [-0.2, -0.15) is 0 Å². The fourth-order valence-corrected chi connectivity index (χ4v) is 3.16. The van der Waals surface area contributed by atoms with E-state index in [0.717, 1.165) is 22.6 Å². The van der Waals surface area contributed by atoms with Crippen LogP contribution in [-0.2, 0) is 6.42 Å². The molecule has 2 N–H and O–H groups in total. The molecule has 0 radical (unpaired) electrons. The quantitative estimate of drug-likeness (QED) is 0.926. The van der Waals surface area contributed by atoms with Crippen molar-refractivity contribution in [3.05, 3.63) is 23.0 Å². The monoisotopic (exact) mass is 298 g/mol. The van der Waals surface area contributed by atoms with E-state index in [-0.39, 0.29) is 24.8 Å². The number of hydrogen-bond acceptors (Lipinski definition) is 3. The summed E-state index contributed by atoms with van der Waals surface area (Å²) in [5, 5.41) is 0. The Kier molecular flexibility index (Phi) is 4.81. The van der Waals surface area contributed by atoms with Crippen molar-refractivity contribution in [3.8, 4) is 5.75 Å². The molecule has 1 heterocycles. The molecule has 1 aliphatic carbocycles. The number of methoxy groups -OCH3 is 1. The van der Waals surface area contributed by atoms with Crippen molar-refractivity contribution in [2.45, 2.75) is 57.9 Å². The maximum Gasteiger partial charge on any atom is 0.248 e. The summed E-state index contributed by atoms with van der Waals surface area (Å²) in [5.41, 5.74) is 9.13. The lowest BCUT2D eigenvalue weighted by Crippen LogP contribution is -2.37. The fourth-order valence-electron chi connectivity index (χ4n) is 3.16. The van der Waals surface area contributed by atoms with Crippen LogP contribution in [0.5, 0.6) is 5.75 Å². The van der Waals surface area contributed by atoms with E-state index in [0.29, 0.717) is 19.3 Å². The summed E-state index contributed by atoms with van der Waals surface area (Å²) in [5.74, 6) is -1.52. The molecule has 2 rings (SSSR count). The number of pyridine rings is 1. The first-order valence-electron chi connectivity index (χ1n) is 7.46. The van der Waals surface area contributed by atoms with Crippen LogP contribution in [0.15, 0.2) is 6.20 Å². The zero-order chi connectivity index (χ0) is 15.6. The van der Waals surface area contributed by atoms with Crippen molar-refractivity contribution in [2.75, 3.05) is 7.11 Å². The second-order valence-electron chi connectivity index (χ2n) is 6.11. The standard InChI is InChI=1S/C16H24F2N2O/c1-10-9-20-14(11(2)15(10)21-3)8-13(19)12-4-6-16(17,18)7-5-12/h9,12-13H,4-8,19H2,1-3H3. The van der Waals surface area contributed by atoms with E-state index in [1.165, 1.54) is 0 Å². The van der Waals surface area contributed by atoms with Crippen molar-refractivity contribution in [1.29, 1.82) is 0 Å². The Labute approximate surface area is 124 Å². The number of rotatable bonds is 4. The fraction of sp³-hybridized carbons (Fsp3) is 0.688. The van der Waals surface area contributed by atoms with Gasteiger partial charge in [0.1, 0.15) is 5.75 Å². The van der Waals surface area contributed by atoms with Gasteiger partial charge in [-0.15, -0.1) is 0 Å². The molecular weight excluding hydrogens is 274 g/mol. The largest absolute Gasteiger partial charge is 0.496 e. The molecule has 1 aliphatic rings. The predicted octanol–water partition coefficient (Wildman–Crippen LogP) is 3.40.